The van der Waals surface area contributed by atoms with Crippen LogP contribution in [0.15, 0.2) is 18.2 Å². The fourth-order valence-corrected chi connectivity index (χ4v) is 2.44. The topological polar surface area (TPSA) is 103 Å². The molecule has 0 fully saturated rings. The minimum Gasteiger partial charge on any atom is -0.458 e. The van der Waals surface area contributed by atoms with Crippen molar-refractivity contribution in [3.8, 4) is 0 Å². The smallest absolute Gasteiger partial charge is 0.412 e. The molecule has 0 heterocycles. The van der Waals surface area contributed by atoms with Crippen molar-refractivity contribution in [2.24, 2.45) is 5.92 Å². The number of rotatable bonds is 6. The van der Waals surface area contributed by atoms with Gasteiger partial charge >= 0.3 is 12.1 Å². The number of nitrogens with two attached hydrogens (primary N) is 1. The molecule has 28 heavy (non-hydrogen) atoms. The van der Waals surface area contributed by atoms with Gasteiger partial charge in [0.25, 0.3) is 0 Å². The van der Waals surface area contributed by atoms with Gasteiger partial charge in [-0.3, -0.25) is 5.32 Å². The monoisotopic (exact) mass is 393 g/mol. The number of nitrogens with one attached hydrogen (secondary N) is 2. The molecule has 1 amide bonds. The summed E-state index contributed by atoms with van der Waals surface area (Å²) >= 11 is 0. The summed E-state index contributed by atoms with van der Waals surface area (Å²) in [5, 5.41) is 5.82. The second-order valence-electron chi connectivity index (χ2n) is 9.29. The first-order chi connectivity index (χ1) is 12.7. The first-order valence-corrected chi connectivity index (χ1v) is 9.55. The van der Waals surface area contributed by atoms with Gasteiger partial charge in [0.2, 0.25) is 0 Å². The van der Waals surface area contributed by atoms with E-state index in [-0.39, 0.29) is 5.97 Å². The molecule has 0 radical (unpaired) electrons. The van der Waals surface area contributed by atoms with Crippen LogP contribution in [0.3, 0.4) is 0 Å². The number of hydrogen-bond acceptors (Lipinski definition) is 6. The highest BCUT2D eigenvalue weighted by Gasteiger charge is 2.26. The Balaban J connectivity index is 2.90. The number of carbonyl (C=O) groups is 2. The molecule has 0 aromatic heterocycles. The van der Waals surface area contributed by atoms with E-state index in [0.29, 0.717) is 29.4 Å². The molecule has 0 spiro atoms. The number of amides is 1. The van der Waals surface area contributed by atoms with Gasteiger partial charge < -0.3 is 20.5 Å². The Hall–Kier alpha value is -2.44. The summed E-state index contributed by atoms with van der Waals surface area (Å²) in [7, 11) is 0. The molecule has 0 saturated heterocycles. The van der Waals surface area contributed by atoms with Crippen LogP contribution in [0.25, 0.3) is 0 Å². The summed E-state index contributed by atoms with van der Waals surface area (Å²) in [6.45, 7) is 15.0. The number of benzene rings is 1. The Morgan fingerprint density at radius 1 is 1.04 bits per heavy atom. The predicted octanol–water partition coefficient (Wildman–Crippen LogP) is 4.78. The van der Waals surface area contributed by atoms with E-state index in [9.17, 15) is 9.59 Å². The lowest BCUT2D eigenvalue weighted by Gasteiger charge is -2.26. The summed E-state index contributed by atoms with van der Waals surface area (Å²) in [5.74, 6) is -0.0316. The fraction of sp³-hybridized carbons (Fsp3) is 0.619. The lowest BCUT2D eigenvalue weighted by atomic mass is 10.0. The van der Waals surface area contributed by atoms with E-state index < -0.39 is 23.3 Å². The minimum absolute atomic E-state index is 0.291. The molecular weight excluding hydrogens is 358 g/mol. The average molecular weight is 394 g/mol. The first kappa shape index (κ1) is 23.6. The lowest BCUT2D eigenvalue weighted by Crippen LogP contribution is -2.37. The number of carbonyl (C=O) groups excluding carboxylic acids is 2. The van der Waals surface area contributed by atoms with Crippen molar-refractivity contribution in [2.75, 3.05) is 16.4 Å². The molecule has 0 aliphatic carbocycles. The standard InChI is InChI=1S/C21H35N3O4/c1-13(2)11-17(18(25)27-20(3,4)5)24-16-10-9-14(12-15(16)22)23-19(26)28-21(6,7)8/h9-10,12-13,17,24H,11,22H2,1-8H3,(H,23,26). The molecule has 1 unspecified atom stereocenters. The Labute approximate surface area is 168 Å². The van der Waals surface area contributed by atoms with E-state index >= 15 is 0 Å². The third-order valence-corrected chi connectivity index (χ3v) is 3.42. The largest absolute Gasteiger partial charge is 0.458 e. The van der Waals surface area contributed by atoms with Crippen LogP contribution >= 0.6 is 0 Å². The van der Waals surface area contributed by atoms with E-state index in [4.69, 9.17) is 15.2 Å². The van der Waals surface area contributed by atoms with Crippen molar-refractivity contribution in [2.45, 2.75) is 79.1 Å². The van der Waals surface area contributed by atoms with Crippen molar-refractivity contribution in [1.29, 1.82) is 0 Å². The van der Waals surface area contributed by atoms with Crippen molar-refractivity contribution < 1.29 is 19.1 Å². The van der Waals surface area contributed by atoms with Crippen LogP contribution in [0.4, 0.5) is 21.9 Å². The van der Waals surface area contributed by atoms with Crippen LogP contribution in [0.1, 0.15) is 61.8 Å². The molecule has 4 N–H and O–H groups in total. The van der Waals surface area contributed by atoms with Crippen molar-refractivity contribution >= 4 is 29.1 Å². The zero-order chi connectivity index (χ0) is 21.7. The van der Waals surface area contributed by atoms with Crippen molar-refractivity contribution in [1.82, 2.24) is 0 Å². The highest BCUT2D eigenvalue weighted by Crippen LogP contribution is 2.26. The molecule has 0 bridgehead atoms. The van der Waals surface area contributed by atoms with Crippen LogP contribution in [0.2, 0.25) is 0 Å². The van der Waals surface area contributed by atoms with Crippen molar-refractivity contribution in [3.63, 3.8) is 0 Å². The average Bonchev–Trinajstić information content (AvgIpc) is 2.44. The van der Waals surface area contributed by atoms with Gasteiger partial charge in [-0.25, -0.2) is 9.59 Å². The molecule has 1 atom stereocenters. The Morgan fingerprint density at radius 3 is 2.07 bits per heavy atom. The number of nitrogen functional groups attached to an aromatic ring is 1. The minimum atomic E-state index is -0.589. The van der Waals surface area contributed by atoms with Gasteiger partial charge in [0.05, 0.1) is 11.4 Å². The van der Waals surface area contributed by atoms with Gasteiger partial charge in [-0.15, -0.1) is 0 Å². The fourth-order valence-electron chi connectivity index (χ4n) is 2.44. The number of ether oxygens (including phenoxy) is 2. The molecule has 158 valence electrons. The molecule has 1 aromatic carbocycles. The van der Waals surface area contributed by atoms with Gasteiger partial charge in [-0.2, -0.15) is 0 Å². The van der Waals surface area contributed by atoms with Crippen molar-refractivity contribution in [3.05, 3.63) is 18.2 Å². The highest BCUT2D eigenvalue weighted by atomic mass is 16.6. The zero-order valence-corrected chi connectivity index (χ0v) is 18.3. The second-order valence-corrected chi connectivity index (χ2v) is 9.29. The highest BCUT2D eigenvalue weighted by molar-refractivity contribution is 5.88. The second kappa shape index (κ2) is 9.17. The quantitative estimate of drug-likeness (QED) is 0.474. The maximum absolute atomic E-state index is 12.6. The van der Waals surface area contributed by atoms with E-state index in [0.717, 1.165) is 0 Å². The van der Waals surface area contributed by atoms with Crippen LogP contribution in [-0.2, 0) is 14.3 Å². The van der Waals surface area contributed by atoms with Gasteiger partial charge in [0.15, 0.2) is 0 Å². The van der Waals surface area contributed by atoms with E-state index in [1.54, 1.807) is 39.0 Å². The number of esters is 1. The first-order valence-electron chi connectivity index (χ1n) is 9.55. The maximum Gasteiger partial charge on any atom is 0.412 e. The molecule has 0 aliphatic rings. The summed E-state index contributed by atoms with van der Waals surface area (Å²) in [4.78, 5) is 24.5. The zero-order valence-electron chi connectivity index (χ0n) is 18.3. The van der Waals surface area contributed by atoms with E-state index in [2.05, 4.69) is 10.6 Å². The molecule has 7 nitrogen and oxygen atoms in total. The predicted molar refractivity (Wildman–Crippen MR) is 113 cm³/mol. The van der Waals surface area contributed by atoms with Gasteiger partial charge in [-0.05, 0) is 72.1 Å². The Morgan fingerprint density at radius 2 is 1.61 bits per heavy atom. The van der Waals surface area contributed by atoms with Crippen LogP contribution in [0.5, 0.6) is 0 Å². The van der Waals surface area contributed by atoms with E-state index in [1.165, 1.54) is 0 Å². The maximum atomic E-state index is 12.6. The SMILES string of the molecule is CC(C)CC(Nc1ccc(NC(=O)OC(C)(C)C)cc1N)C(=O)OC(C)(C)C. The molecule has 0 saturated carbocycles. The lowest BCUT2D eigenvalue weighted by molar-refractivity contribution is -0.156. The third kappa shape index (κ3) is 8.97. The normalized spacial score (nSPS) is 13.0. The summed E-state index contributed by atoms with van der Waals surface area (Å²) in [5.41, 5.74) is 6.49. The summed E-state index contributed by atoms with van der Waals surface area (Å²) in [6.07, 6.45) is 0.0470. The summed E-state index contributed by atoms with van der Waals surface area (Å²) < 4.78 is 10.7. The molecule has 1 rings (SSSR count). The van der Waals surface area contributed by atoms with Crippen LogP contribution in [0, 0.1) is 5.92 Å². The Bertz CT molecular complexity index is 688. The molecule has 1 aromatic rings. The number of anilines is 3. The van der Waals surface area contributed by atoms with Crippen LogP contribution in [-0.4, -0.2) is 29.3 Å². The molecular formula is C21H35N3O4. The summed E-state index contributed by atoms with van der Waals surface area (Å²) in [6, 6.07) is 4.52. The van der Waals surface area contributed by atoms with Gasteiger partial charge in [0.1, 0.15) is 17.2 Å². The van der Waals surface area contributed by atoms with Gasteiger partial charge in [0, 0.05) is 5.69 Å². The molecule has 0 aliphatic heterocycles. The molecule has 7 heteroatoms. The third-order valence-electron chi connectivity index (χ3n) is 3.42. The number of hydrogen-bond donors (Lipinski definition) is 3. The Kier molecular flexibility index (Phi) is 7.73. The van der Waals surface area contributed by atoms with Crippen LogP contribution < -0.4 is 16.4 Å². The van der Waals surface area contributed by atoms with E-state index in [1.807, 2.05) is 34.6 Å². The van der Waals surface area contributed by atoms with Gasteiger partial charge in [-0.1, -0.05) is 13.8 Å².